The number of imide groups is 2. The zero-order valence-electron chi connectivity index (χ0n) is 16.4. The molecular weight excluding hydrogens is 372 g/mol. The van der Waals surface area contributed by atoms with Crippen LogP contribution in [0.15, 0.2) is 48.0 Å². The van der Waals surface area contributed by atoms with Gasteiger partial charge in [0.05, 0.1) is 12.8 Å². The molecule has 0 spiro atoms. The van der Waals surface area contributed by atoms with Gasteiger partial charge in [0, 0.05) is 0 Å². The van der Waals surface area contributed by atoms with E-state index in [0.717, 1.165) is 16.9 Å². The van der Waals surface area contributed by atoms with E-state index in [-0.39, 0.29) is 17.1 Å². The molecule has 0 saturated carbocycles. The summed E-state index contributed by atoms with van der Waals surface area (Å²) in [6, 6.07) is 10.7. The van der Waals surface area contributed by atoms with E-state index in [1.165, 1.54) is 31.4 Å². The Morgan fingerprint density at radius 1 is 1.14 bits per heavy atom. The van der Waals surface area contributed by atoms with Gasteiger partial charge in [-0.15, -0.1) is 0 Å². The number of barbiturate groups is 1. The molecule has 1 aliphatic heterocycles. The SMILES string of the molecule is CC[C@H](C)c1ccc(N2C(=O)NC(=O)/C(=C/c3ccc(O)c(OC)c3)C2=O)cc1. The maximum atomic E-state index is 12.9. The third-order valence-electron chi connectivity index (χ3n) is 4.95. The van der Waals surface area contributed by atoms with Crippen LogP contribution in [0.4, 0.5) is 10.5 Å². The summed E-state index contributed by atoms with van der Waals surface area (Å²) in [5.41, 5.74) is 1.76. The van der Waals surface area contributed by atoms with Crippen LogP contribution in [-0.4, -0.2) is 30.1 Å². The van der Waals surface area contributed by atoms with Gasteiger partial charge in [-0.3, -0.25) is 14.9 Å². The van der Waals surface area contributed by atoms with Crippen molar-refractivity contribution < 1.29 is 24.2 Å². The Labute approximate surface area is 168 Å². The molecule has 0 bridgehead atoms. The fourth-order valence-corrected chi connectivity index (χ4v) is 3.03. The second-order valence-corrected chi connectivity index (χ2v) is 6.79. The highest BCUT2D eigenvalue weighted by Crippen LogP contribution is 2.29. The van der Waals surface area contributed by atoms with Gasteiger partial charge in [0.1, 0.15) is 5.57 Å². The molecule has 0 radical (unpaired) electrons. The van der Waals surface area contributed by atoms with E-state index >= 15 is 0 Å². The van der Waals surface area contributed by atoms with Crippen LogP contribution in [0.3, 0.4) is 0 Å². The Morgan fingerprint density at radius 3 is 2.45 bits per heavy atom. The van der Waals surface area contributed by atoms with E-state index < -0.39 is 17.8 Å². The lowest BCUT2D eigenvalue weighted by Gasteiger charge is -2.26. The molecule has 1 aliphatic rings. The van der Waals surface area contributed by atoms with Gasteiger partial charge in [-0.25, -0.2) is 9.69 Å². The van der Waals surface area contributed by atoms with Crippen LogP contribution in [0.5, 0.6) is 11.5 Å². The van der Waals surface area contributed by atoms with Crippen molar-refractivity contribution in [2.75, 3.05) is 12.0 Å². The number of phenolic OH excluding ortho intramolecular Hbond substituents is 1. The first-order chi connectivity index (χ1) is 13.8. The van der Waals surface area contributed by atoms with Crippen LogP contribution in [-0.2, 0) is 9.59 Å². The van der Waals surface area contributed by atoms with Crippen LogP contribution in [0.2, 0.25) is 0 Å². The molecule has 150 valence electrons. The number of methoxy groups -OCH3 is 1. The highest BCUT2D eigenvalue weighted by Gasteiger charge is 2.36. The highest BCUT2D eigenvalue weighted by molar-refractivity contribution is 6.39. The largest absolute Gasteiger partial charge is 0.504 e. The van der Waals surface area contributed by atoms with Crippen LogP contribution >= 0.6 is 0 Å². The zero-order chi connectivity index (χ0) is 21.1. The smallest absolute Gasteiger partial charge is 0.335 e. The van der Waals surface area contributed by atoms with Crippen molar-refractivity contribution in [2.24, 2.45) is 0 Å². The van der Waals surface area contributed by atoms with E-state index in [2.05, 4.69) is 19.2 Å². The second-order valence-electron chi connectivity index (χ2n) is 6.79. The van der Waals surface area contributed by atoms with Crippen molar-refractivity contribution in [3.8, 4) is 11.5 Å². The number of carbonyl (C=O) groups is 3. The number of urea groups is 1. The van der Waals surface area contributed by atoms with E-state index in [9.17, 15) is 19.5 Å². The number of ether oxygens (including phenoxy) is 1. The molecule has 0 aliphatic carbocycles. The number of nitrogens with one attached hydrogen (secondary N) is 1. The van der Waals surface area contributed by atoms with Crippen molar-refractivity contribution in [3.63, 3.8) is 0 Å². The molecule has 1 saturated heterocycles. The minimum absolute atomic E-state index is 0.0627. The number of amides is 4. The molecule has 1 fully saturated rings. The summed E-state index contributed by atoms with van der Waals surface area (Å²) in [5, 5.41) is 11.9. The fourth-order valence-electron chi connectivity index (χ4n) is 3.03. The number of benzene rings is 2. The topological polar surface area (TPSA) is 95.9 Å². The van der Waals surface area contributed by atoms with Gasteiger partial charge in [0.2, 0.25) is 0 Å². The first-order valence-electron chi connectivity index (χ1n) is 9.24. The van der Waals surface area contributed by atoms with Gasteiger partial charge in [-0.05, 0) is 53.8 Å². The van der Waals surface area contributed by atoms with Crippen LogP contribution in [0, 0.1) is 0 Å². The molecule has 7 nitrogen and oxygen atoms in total. The highest BCUT2D eigenvalue weighted by atomic mass is 16.5. The lowest BCUT2D eigenvalue weighted by atomic mass is 9.98. The van der Waals surface area contributed by atoms with E-state index in [1.807, 2.05) is 12.1 Å². The summed E-state index contributed by atoms with van der Waals surface area (Å²) in [6.45, 7) is 4.18. The Balaban J connectivity index is 1.96. The Hall–Kier alpha value is -3.61. The lowest BCUT2D eigenvalue weighted by Crippen LogP contribution is -2.54. The molecule has 0 unspecified atom stereocenters. The maximum absolute atomic E-state index is 12.9. The van der Waals surface area contributed by atoms with Gasteiger partial charge in [-0.2, -0.15) is 0 Å². The average molecular weight is 394 g/mol. The molecule has 2 aromatic rings. The van der Waals surface area contributed by atoms with E-state index in [0.29, 0.717) is 17.2 Å². The van der Waals surface area contributed by atoms with Crippen molar-refractivity contribution >= 4 is 29.6 Å². The molecule has 4 amide bonds. The molecular formula is C22H22N2O5. The predicted molar refractivity (Wildman–Crippen MR) is 109 cm³/mol. The Morgan fingerprint density at radius 2 is 1.83 bits per heavy atom. The number of anilines is 1. The summed E-state index contributed by atoms with van der Waals surface area (Å²) in [6.07, 6.45) is 2.33. The number of phenols is 1. The van der Waals surface area contributed by atoms with Crippen LogP contribution in [0.25, 0.3) is 6.08 Å². The minimum Gasteiger partial charge on any atom is -0.504 e. The monoisotopic (exact) mass is 394 g/mol. The number of hydrogen-bond donors (Lipinski definition) is 2. The molecule has 29 heavy (non-hydrogen) atoms. The lowest BCUT2D eigenvalue weighted by molar-refractivity contribution is -0.122. The van der Waals surface area contributed by atoms with Gasteiger partial charge in [0.25, 0.3) is 11.8 Å². The number of rotatable bonds is 5. The van der Waals surface area contributed by atoms with Crippen molar-refractivity contribution in [3.05, 3.63) is 59.2 Å². The summed E-state index contributed by atoms with van der Waals surface area (Å²) in [7, 11) is 1.40. The molecule has 0 aromatic heterocycles. The van der Waals surface area contributed by atoms with Gasteiger partial charge < -0.3 is 9.84 Å². The second kappa shape index (κ2) is 8.18. The zero-order valence-corrected chi connectivity index (χ0v) is 16.4. The van der Waals surface area contributed by atoms with Crippen LogP contribution < -0.4 is 15.0 Å². The molecule has 2 N–H and O–H groups in total. The third-order valence-corrected chi connectivity index (χ3v) is 4.95. The first kappa shape index (κ1) is 20.1. The third kappa shape index (κ3) is 3.99. The standard InChI is InChI=1S/C22H22N2O5/c1-4-13(2)15-6-8-16(9-7-15)24-21(27)17(20(26)23-22(24)28)11-14-5-10-18(25)19(12-14)29-3/h5-13,25H,4H2,1-3H3,(H,23,26,28)/b17-11-/t13-/m0/s1. The maximum Gasteiger partial charge on any atom is 0.335 e. The summed E-state index contributed by atoms with van der Waals surface area (Å²) >= 11 is 0. The summed E-state index contributed by atoms with van der Waals surface area (Å²) in [4.78, 5) is 38.5. The van der Waals surface area contributed by atoms with Crippen LogP contribution in [0.1, 0.15) is 37.3 Å². The quantitative estimate of drug-likeness (QED) is 0.597. The number of aromatic hydroxyl groups is 1. The van der Waals surface area contributed by atoms with E-state index in [1.54, 1.807) is 12.1 Å². The molecule has 3 rings (SSSR count). The Kier molecular flexibility index (Phi) is 5.68. The van der Waals surface area contributed by atoms with Gasteiger partial charge in [0.15, 0.2) is 11.5 Å². The van der Waals surface area contributed by atoms with Crippen molar-refractivity contribution in [1.29, 1.82) is 0 Å². The van der Waals surface area contributed by atoms with E-state index in [4.69, 9.17) is 4.74 Å². The fraction of sp³-hybridized carbons (Fsp3) is 0.227. The summed E-state index contributed by atoms with van der Waals surface area (Å²) in [5.74, 6) is -0.998. The van der Waals surface area contributed by atoms with Gasteiger partial charge >= 0.3 is 6.03 Å². The normalized spacial score (nSPS) is 16.7. The molecule has 2 aromatic carbocycles. The minimum atomic E-state index is -0.795. The predicted octanol–water partition coefficient (Wildman–Crippen LogP) is 3.58. The number of hydrogen-bond acceptors (Lipinski definition) is 5. The van der Waals surface area contributed by atoms with Crippen molar-refractivity contribution in [1.82, 2.24) is 5.32 Å². The number of nitrogens with zero attached hydrogens (tertiary/aromatic N) is 1. The molecule has 1 atom stereocenters. The molecule has 7 heteroatoms. The first-order valence-corrected chi connectivity index (χ1v) is 9.24. The molecule has 1 heterocycles. The average Bonchev–Trinajstić information content (AvgIpc) is 2.72. The number of carbonyl (C=O) groups excluding carboxylic acids is 3. The van der Waals surface area contributed by atoms with Gasteiger partial charge in [-0.1, -0.05) is 32.0 Å². The Bertz CT molecular complexity index is 995. The van der Waals surface area contributed by atoms with Crippen molar-refractivity contribution in [2.45, 2.75) is 26.2 Å². The summed E-state index contributed by atoms with van der Waals surface area (Å²) < 4.78 is 5.05.